The number of anilines is 1. The monoisotopic (exact) mass is 219 g/mol. The van der Waals surface area contributed by atoms with Crippen LogP contribution in [0, 0.1) is 13.8 Å². The molecule has 0 aromatic heterocycles. The number of ether oxygens (including phenoxy) is 1. The molecule has 0 spiro atoms. The zero-order chi connectivity index (χ0) is 11.3. The molecule has 2 aliphatic rings. The fraction of sp³-hybridized carbons (Fsp3) is 0.538. The lowest BCUT2D eigenvalue weighted by Gasteiger charge is -2.41. The van der Waals surface area contributed by atoms with Crippen LogP contribution in [0.25, 0.3) is 0 Å². The summed E-state index contributed by atoms with van der Waals surface area (Å²) in [5.41, 5.74) is 4.92. The Morgan fingerprint density at radius 3 is 3.00 bits per heavy atom. The highest BCUT2D eigenvalue weighted by Gasteiger charge is 2.36. The first-order chi connectivity index (χ1) is 7.65. The zero-order valence-electron chi connectivity index (χ0n) is 9.66. The van der Waals surface area contributed by atoms with E-state index < -0.39 is 0 Å². The Labute approximate surface area is 95.4 Å². The molecule has 1 saturated heterocycles. The van der Waals surface area contributed by atoms with Crippen molar-refractivity contribution in [1.29, 1.82) is 0 Å². The van der Waals surface area contributed by atoms with E-state index in [4.69, 9.17) is 4.74 Å². The van der Waals surface area contributed by atoms with E-state index in [9.17, 15) is 5.11 Å². The third-order valence-electron chi connectivity index (χ3n) is 3.59. The Kier molecular flexibility index (Phi) is 2.19. The summed E-state index contributed by atoms with van der Waals surface area (Å²) in [5, 5.41) is 13.2. The summed E-state index contributed by atoms with van der Waals surface area (Å²) in [7, 11) is 0. The van der Waals surface area contributed by atoms with Crippen LogP contribution in [0.1, 0.15) is 29.2 Å². The van der Waals surface area contributed by atoms with Crippen LogP contribution >= 0.6 is 0 Å². The average molecular weight is 219 g/mol. The number of nitrogens with one attached hydrogen (secondary N) is 1. The van der Waals surface area contributed by atoms with Gasteiger partial charge in [0.15, 0.2) is 0 Å². The predicted octanol–water partition coefficient (Wildman–Crippen LogP) is 1.92. The summed E-state index contributed by atoms with van der Waals surface area (Å²) in [4.78, 5) is 0. The van der Waals surface area contributed by atoms with Crippen molar-refractivity contribution in [1.82, 2.24) is 0 Å². The second-order valence-corrected chi connectivity index (χ2v) is 4.92. The summed E-state index contributed by atoms with van der Waals surface area (Å²) in [5.74, 6) is 0. The molecule has 2 aliphatic heterocycles. The molecule has 1 aromatic rings. The van der Waals surface area contributed by atoms with Gasteiger partial charge in [-0.05, 0) is 19.4 Å². The van der Waals surface area contributed by atoms with E-state index in [1.165, 1.54) is 16.7 Å². The van der Waals surface area contributed by atoms with Gasteiger partial charge >= 0.3 is 0 Å². The van der Waals surface area contributed by atoms with Crippen LogP contribution in [0.15, 0.2) is 12.1 Å². The molecule has 3 atom stereocenters. The smallest absolute Gasteiger partial charge is 0.0975 e. The van der Waals surface area contributed by atoms with Gasteiger partial charge in [-0.25, -0.2) is 0 Å². The van der Waals surface area contributed by atoms with Gasteiger partial charge in [0.1, 0.15) is 0 Å². The Balaban J connectivity index is 2.09. The van der Waals surface area contributed by atoms with Gasteiger partial charge < -0.3 is 15.2 Å². The first kappa shape index (κ1) is 10.1. The van der Waals surface area contributed by atoms with Crippen LogP contribution < -0.4 is 5.32 Å². The van der Waals surface area contributed by atoms with E-state index in [1.54, 1.807) is 0 Å². The molecule has 3 heteroatoms. The van der Waals surface area contributed by atoms with Crippen molar-refractivity contribution in [3.8, 4) is 0 Å². The van der Waals surface area contributed by atoms with E-state index in [0.29, 0.717) is 6.61 Å². The molecule has 0 saturated carbocycles. The van der Waals surface area contributed by atoms with E-state index in [1.807, 2.05) is 0 Å². The first-order valence-corrected chi connectivity index (χ1v) is 5.82. The molecule has 3 nitrogen and oxygen atoms in total. The number of aryl methyl sites for hydroxylation is 2. The van der Waals surface area contributed by atoms with Gasteiger partial charge in [0, 0.05) is 17.7 Å². The van der Waals surface area contributed by atoms with Gasteiger partial charge in [0.2, 0.25) is 0 Å². The van der Waals surface area contributed by atoms with E-state index in [0.717, 1.165) is 12.1 Å². The van der Waals surface area contributed by atoms with Crippen LogP contribution in [0.3, 0.4) is 0 Å². The van der Waals surface area contributed by atoms with Crippen molar-refractivity contribution in [2.75, 3.05) is 11.9 Å². The minimum absolute atomic E-state index is 0.146. The number of aliphatic hydroxyl groups is 1. The summed E-state index contributed by atoms with van der Waals surface area (Å²) in [6.45, 7) is 4.65. The molecular formula is C13H17NO2. The maximum absolute atomic E-state index is 9.80. The number of rotatable bonds is 0. The summed E-state index contributed by atoms with van der Waals surface area (Å²) >= 11 is 0. The summed E-state index contributed by atoms with van der Waals surface area (Å²) in [6.07, 6.45) is 0.644. The zero-order valence-corrected chi connectivity index (χ0v) is 9.66. The highest BCUT2D eigenvalue weighted by Crippen LogP contribution is 2.41. The molecule has 16 heavy (non-hydrogen) atoms. The number of hydrogen-bond acceptors (Lipinski definition) is 3. The minimum atomic E-state index is -0.384. The van der Waals surface area contributed by atoms with Gasteiger partial charge in [-0.2, -0.15) is 0 Å². The Bertz CT molecular complexity index is 430. The molecule has 3 unspecified atom stereocenters. The lowest BCUT2D eigenvalue weighted by molar-refractivity contribution is -0.0672. The maximum Gasteiger partial charge on any atom is 0.0975 e. The SMILES string of the molecule is Cc1cc(C)c2c(c1)C1CC(N2)C(O)CO1. The van der Waals surface area contributed by atoms with Gasteiger partial charge in [-0.3, -0.25) is 0 Å². The van der Waals surface area contributed by atoms with Gasteiger partial charge in [-0.1, -0.05) is 17.7 Å². The lowest BCUT2D eigenvalue weighted by atomic mass is 9.87. The standard InChI is InChI=1S/C13H17NO2/c1-7-3-8(2)13-9(4-7)12-5-10(14-13)11(15)6-16-12/h3-4,10-12,14-15H,5-6H2,1-2H3. The molecule has 1 fully saturated rings. The fourth-order valence-corrected chi connectivity index (χ4v) is 2.80. The van der Waals surface area contributed by atoms with Gasteiger partial charge in [0.05, 0.1) is 24.9 Å². The molecule has 3 rings (SSSR count). The van der Waals surface area contributed by atoms with Crippen LogP contribution in [0.4, 0.5) is 5.69 Å². The second-order valence-electron chi connectivity index (χ2n) is 4.92. The normalized spacial score (nSPS) is 31.8. The molecule has 1 aromatic carbocycles. The highest BCUT2D eigenvalue weighted by molar-refractivity contribution is 5.62. The molecule has 0 amide bonds. The van der Waals surface area contributed by atoms with Crippen molar-refractivity contribution >= 4 is 5.69 Å². The molecule has 0 aliphatic carbocycles. The fourth-order valence-electron chi connectivity index (χ4n) is 2.80. The Morgan fingerprint density at radius 1 is 1.38 bits per heavy atom. The van der Waals surface area contributed by atoms with Crippen molar-refractivity contribution in [3.63, 3.8) is 0 Å². The number of fused-ring (bicyclic) bond motifs is 4. The number of hydrogen-bond donors (Lipinski definition) is 2. The third-order valence-corrected chi connectivity index (χ3v) is 3.59. The second kappa shape index (κ2) is 3.47. The molecule has 2 heterocycles. The van der Waals surface area contributed by atoms with Gasteiger partial charge in [0.25, 0.3) is 0 Å². The Morgan fingerprint density at radius 2 is 2.19 bits per heavy atom. The third kappa shape index (κ3) is 1.43. The van der Waals surface area contributed by atoms with Crippen LogP contribution in [0.5, 0.6) is 0 Å². The molecule has 2 bridgehead atoms. The van der Waals surface area contributed by atoms with Crippen molar-refractivity contribution in [3.05, 3.63) is 28.8 Å². The molecule has 0 radical (unpaired) electrons. The Hall–Kier alpha value is -1.06. The quantitative estimate of drug-likeness (QED) is 0.700. The largest absolute Gasteiger partial charge is 0.389 e. The van der Waals surface area contributed by atoms with Crippen LogP contribution in [-0.2, 0) is 4.74 Å². The lowest BCUT2D eigenvalue weighted by Crippen LogP contribution is -2.46. The summed E-state index contributed by atoms with van der Waals surface area (Å²) in [6, 6.07) is 4.50. The predicted molar refractivity (Wildman–Crippen MR) is 62.6 cm³/mol. The average Bonchev–Trinajstić information content (AvgIpc) is 2.25. The van der Waals surface area contributed by atoms with Gasteiger partial charge in [-0.15, -0.1) is 0 Å². The number of aliphatic hydroxyl groups excluding tert-OH is 1. The minimum Gasteiger partial charge on any atom is -0.389 e. The first-order valence-electron chi connectivity index (χ1n) is 5.82. The van der Waals surface area contributed by atoms with Crippen molar-refractivity contribution < 1.29 is 9.84 Å². The highest BCUT2D eigenvalue weighted by atomic mass is 16.5. The maximum atomic E-state index is 9.80. The van der Waals surface area contributed by atoms with E-state index in [-0.39, 0.29) is 18.2 Å². The number of benzene rings is 1. The summed E-state index contributed by atoms with van der Waals surface area (Å²) < 4.78 is 5.71. The van der Waals surface area contributed by atoms with Crippen LogP contribution in [-0.4, -0.2) is 23.9 Å². The van der Waals surface area contributed by atoms with Crippen LogP contribution in [0.2, 0.25) is 0 Å². The van der Waals surface area contributed by atoms with Crippen molar-refractivity contribution in [2.24, 2.45) is 0 Å². The van der Waals surface area contributed by atoms with E-state index in [2.05, 4.69) is 31.3 Å². The molecule has 2 N–H and O–H groups in total. The van der Waals surface area contributed by atoms with Crippen molar-refractivity contribution in [2.45, 2.75) is 38.5 Å². The topological polar surface area (TPSA) is 41.5 Å². The molecule has 86 valence electrons. The van der Waals surface area contributed by atoms with E-state index >= 15 is 0 Å². The molecular weight excluding hydrogens is 202 g/mol.